The highest BCUT2D eigenvalue weighted by Gasteiger charge is 2.22. The maximum atomic E-state index is 12.3. The van der Waals surface area contributed by atoms with Crippen molar-refractivity contribution < 1.29 is 9.21 Å². The minimum absolute atomic E-state index is 0.172. The molecule has 0 aliphatic carbocycles. The summed E-state index contributed by atoms with van der Waals surface area (Å²) in [5, 5.41) is 20.4. The number of anilines is 1. The van der Waals surface area contributed by atoms with E-state index in [2.05, 4.69) is 32.3 Å². The van der Waals surface area contributed by atoms with Crippen molar-refractivity contribution in [1.29, 1.82) is 0 Å². The van der Waals surface area contributed by atoms with Crippen LogP contribution in [0.5, 0.6) is 0 Å². The molecule has 8 nitrogen and oxygen atoms in total. The number of rotatable bonds is 7. The van der Waals surface area contributed by atoms with Gasteiger partial charge >= 0.3 is 0 Å². The number of hydrogen-bond acceptors (Lipinski definition) is 8. The molecule has 0 aliphatic rings. The lowest BCUT2D eigenvalue weighted by atomic mass is 10.4. The summed E-state index contributed by atoms with van der Waals surface area (Å²) in [7, 11) is 0. The predicted octanol–water partition coefficient (Wildman–Crippen LogP) is 3.00. The number of allylic oxidation sites excluding steroid dienone is 1. The van der Waals surface area contributed by atoms with Crippen LogP contribution in [0.25, 0.3) is 11.6 Å². The fraction of sp³-hybridized carbons (Fsp3) is 0.267. The van der Waals surface area contributed by atoms with Crippen molar-refractivity contribution in [3.63, 3.8) is 0 Å². The average Bonchev–Trinajstić information content (AvgIpc) is 3.30. The molecule has 0 unspecified atom stereocenters. The largest absolute Gasteiger partial charge is 0.461 e. The lowest BCUT2D eigenvalue weighted by molar-refractivity contribution is -0.115. The molecular weight excluding hydrogens is 360 g/mol. The van der Waals surface area contributed by atoms with Crippen molar-refractivity contribution in [2.75, 3.05) is 5.32 Å². The van der Waals surface area contributed by atoms with Crippen molar-refractivity contribution in [3.05, 3.63) is 36.1 Å². The summed E-state index contributed by atoms with van der Waals surface area (Å²) in [5.41, 5.74) is 0. The minimum Gasteiger partial charge on any atom is -0.461 e. The third-order valence-electron chi connectivity index (χ3n) is 3.18. The smallest absolute Gasteiger partial charge is 0.239 e. The predicted molar refractivity (Wildman–Crippen MR) is 96.5 cm³/mol. The van der Waals surface area contributed by atoms with Gasteiger partial charge in [-0.05, 0) is 26.0 Å². The summed E-state index contributed by atoms with van der Waals surface area (Å²) >= 11 is 2.64. The molecule has 0 saturated carbocycles. The highest BCUT2D eigenvalue weighted by molar-refractivity contribution is 8.00. The Bertz CT molecular complexity index is 871. The highest BCUT2D eigenvalue weighted by Crippen LogP contribution is 2.28. The summed E-state index contributed by atoms with van der Waals surface area (Å²) < 4.78 is 7.25. The van der Waals surface area contributed by atoms with E-state index in [0.717, 1.165) is 5.01 Å². The third kappa shape index (κ3) is 3.97. The molecule has 1 atom stereocenters. The average molecular weight is 376 g/mol. The van der Waals surface area contributed by atoms with Gasteiger partial charge in [0.2, 0.25) is 16.9 Å². The number of aryl methyl sites for hydroxylation is 1. The van der Waals surface area contributed by atoms with Gasteiger partial charge in [-0.25, -0.2) is 0 Å². The molecule has 3 rings (SSSR count). The van der Waals surface area contributed by atoms with Gasteiger partial charge in [0, 0.05) is 6.54 Å². The molecule has 1 amide bonds. The second-order valence-corrected chi connectivity index (χ2v) is 7.55. The number of amides is 1. The maximum Gasteiger partial charge on any atom is 0.239 e. The number of nitrogens with zero attached hydrogens (tertiary/aromatic N) is 5. The van der Waals surface area contributed by atoms with Gasteiger partial charge in [0.25, 0.3) is 0 Å². The molecule has 0 aliphatic heterocycles. The number of aromatic nitrogens is 5. The summed E-state index contributed by atoms with van der Waals surface area (Å²) in [4.78, 5) is 12.3. The fourth-order valence-corrected chi connectivity index (χ4v) is 3.48. The first kappa shape index (κ1) is 17.4. The second-order valence-electron chi connectivity index (χ2n) is 5.06. The summed E-state index contributed by atoms with van der Waals surface area (Å²) in [6, 6.07) is 3.60. The standard InChI is InChI=1S/C15H16N6O2S2/c1-4-7-21-12(11-6-5-8-23-11)18-20-15(21)24-9(2)13(22)16-14-19-17-10(3)25-14/h4-6,8-9H,1,7H2,2-3H3,(H,16,19,22)/t9-/m1/s1. The Morgan fingerprint density at radius 2 is 2.32 bits per heavy atom. The van der Waals surface area contributed by atoms with Crippen molar-refractivity contribution in [1.82, 2.24) is 25.0 Å². The second kappa shape index (κ2) is 7.62. The van der Waals surface area contributed by atoms with Crippen LogP contribution in [0, 0.1) is 6.92 Å². The SMILES string of the molecule is C=CCn1c(S[C@H](C)C(=O)Nc2nnc(C)s2)nnc1-c1ccco1. The molecule has 10 heteroatoms. The van der Waals surface area contributed by atoms with E-state index in [-0.39, 0.29) is 11.2 Å². The molecule has 3 heterocycles. The molecule has 0 spiro atoms. The number of carbonyl (C=O) groups is 1. The lowest BCUT2D eigenvalue weighted by Crippen LogP contribution is -2.22. The van der Waals surface area contributed by atoms with E-state index in [1.54, 1.807) is 25.3 Å². The topological polar surface area (TPSA) is 98.7 Å². The van der Waals surface area contributed by atoms with E-state index in [1.165, 1.54) is 23.1 Å². The van der Waals surface area contributed by atoms with Crippen LogP contribution in [0.15, 0.2) is 40.6 Å². The van der Waals surface area contributed by atoms with Gasteiger partial charge in [0.15, 0.2) is 10.9 Å². The van der Waals surface area contributed by atoms with E-state index < -0.39 is 0 Å². The van der Waals surface area contributed by atoms with Gasteiger partial charge in [-0.2, -0.15) is 0 Å². The van der Waals surface area contributed by atoms with E-state index in [9.17, 15) is 4.79 Å². The van der Waals surface area contributed by atoms with Gasteiger partial charge < -0.3 is 4.42 Å². The van der Waals surface area contributed by atoms with E-state index in [1.807, 2.05) is 17.6 Å². The molecule has 3 aromatic heterocycles. The quantitative estimate of drug-likeness (QED) is 0.500. The number of nitrogens with one attached hydrogen (secondary N) is 1. The van der Waals surface area contributed by atoms with Gasteiger partial charge in [0.1, 0.15) is 5.01 Å². The Hall–Kier alpha value is -2.46. The Morgan fingerprint density at radius 1 is 1.48 bits per heavy atom. The number of hydrogen-bond donors (Lipinski definition) is 1. The van der Waals surface area contributed by atoms with Crippen LogP contribution in [0.3, 0.4) is 0 Å². The molecule has 0 saturated heterocycles. The number of furan rings is 1. The number of carbonyl (C=O) groups excluding carboxylic acids is 1. The maximum absolute atomic E-state index is 12.3. The first-order chi connectivity index (χ1) is 12.1. The first-order valence-corrected chi connectivity index (χ1v) is 9.13. The Balaban J connectivity index is 1.75. The molecule has 3 aromatic rings. The van der Waals surface area contributed by atoms with Crippen molar-refractivity contribution in [3.8, 4) is 11.6 Å². The molecule has 0 radical (unpaired) electrons. The molecular formula is C15H16N6O2S2. The molecule has 130 valence electrons. The van der Waals surface area contributed by atoms with E-state index in [4.69, 9.17) is 4.42 Å². The summed E-state index contributed by atoms with van der Waals surface area (Å²) in [5.74, 6) is 1.04. The van der Waals surface area contributed by atoms with Gasteiger partial charge in [-0.15, -0.1) is 27.0 Å². The number of thioether (sulfide) groups is 1. The van der Waals surface area contributed by atoms with Crippen LogP contribution in [-0.4, -0.2) is 36.1 Å². The molecule has 0 bridgehead atoms. The monoisotopic (exact) mass is 376 g/mol. The Kier molecular flexibility index (Phi) is 5.29. The van der Waals surface area contributed by atoms with Gasteiger partial charge in [0.05, 0.1) is 11.5 Å². The zero-order valence-corrected chi connectivity index (χ0v) is 15.3. The molecule has 0 fully saturated rings. The van der Waals surface area contributed by atoms with E-state index in [0.29, 0.717) is 28.4 Å². The Labute approximate surface area is 152 Å². The Morgan fingerprint density at radius 3 is 2.96 bits per heavy atom. The van der Waals surface area contributed by atoms with Crippen LogP contribution in [0.2, 0.25) is 0 Å². The zero-order valence-electron chi connectivity index (χ0n) is 13.7. The van der Waals surface area contributed by atoms with Gasteiger partial charge in [-0.1, -0.05) is 29.2 Å². The highest BCUT2D eigenvalue weighted by atomic mass is 32.2. The van der Waals surface area contributed by atoms with Crippen LogP contribution in [0.1, 0.15) is 11.9 Å². The first-order valence-electron chi connectivity index (χ1n) is 7.44. The van der Waals surface area contributed by atoms with Gasteiger partial charge in [-0.3, -0.25) is 14.7 Å². The normalized spacial score (nSPS) is 12.1. The third-order valence-corrected chi connectivity index (χ3v) is 5.01. The van der Waals surface area contributed by atoms with Crippen LogP contribution >= 0.6 is 23.1 Å². The zero-order chi connectivity index (χ0) is 17.8. The minimum atomic E-state index is -0.388. The fourth-order valence-electron chi connectivity index (χ4n) is 2.02. The van der Waals surface area contributed by atoms with Crippen molar-refractivity contribution in [2.24, 2.45) is 0 Å². The molecule has 25 heavy (non-hydrogen) atoms. The van der Waals surface area contributed by atoms with E-state index >= 15 is 0 Å². The van der Waals surface area contributed by atoms with Crippen molar-refractivity contribution in [2.45, 2.75) is 30.8 Å². The van der Waals surface area contributed by atoms with Crippen LogP contribution in [0.4, 0.5) is 5.13 Å². The summed E-state index contributed by atoms with van der Waals surface area (Å²) in [6.07, 6.45) is 3.32. The summed E-state index contributed by atoms with van der Waals surface area (Å²) in [6.45, 7) is 7.90. The molecule has 1 N–H and O–H groups in total. The molecule has 0 aromatic carbocycles. The van der Waals surface area contributed by atoms with Crippen molar-refractivity contribution >= 4 is 34.1 Å². The lowest BCUT2D eigenvalue weighted by Gasteiger charge is -2.11. The van der Waals surface area contributed by atoms with Crippen LogP contribution in [-0.2, 0) is 11.3 Å². The van der Waals surface area contributed by atoms with Crippen LogP contribution < -0.4 is 5.32 Å².